The predicted octanol–water partition coefficient (Wildman–Crippen LogP) is 4.48. The average Bonchev–Trinajstić information content (AvgIpc) is 2.46. The van der Waals surface area contributed by atoms with Gasteiger partial charge in [-0.05, 0) is 31.4 Å². The summed E-state index contributed by atoms with van der Waals surface area (Å²) in [4.78, 5) is 0. The third kappa shape index (κ3) is 4.17. The van der Waals surface area contributed by atoms with Crippen LogP contribution in [0.25, 0.3) is 0 Å². The highest BCUT2D eigenvalue weighted by molar-refractivity contribution is 8.00. The number of thioether (sulfide) groups is 1. The van der Waals surface area contributed by atoms with Crippen molar-refractivity contribution in [2.75, 3.05) is 19.4 Å². The summed E-state index contributed by atoms with van der Waals surface area (Å²) in [6, 6.07) is 0.626. The fourth-order valence-electron chi connectivity index (χ4n) is 3.78. The average molecular weight is 314 g/mol. The van der Waals surface area contributed by atoms with Gasteiger partial charge in [0.2, 0.25) is 0 Å². The molecule has 0 aromatic heterocycles. The van der Waals surface area contributed by atoms with Crippen LogP contribution < -0.4 is 5.32 Å². The molecule has 2 unspecified atom stereocenters. The van der Waals surface area contributed by atoms with Crippen molar-refractivity contribution in [3.05, 3.63) is 0 Å². The standard InChI is InChI=1S/C18H35NOS/c1-14(2)12-20-16-11-15(17(16,3)4)19-13-18(21-5)9-7-6-8-10-18/h14-16,19H,6-13H2,1-5H3. The second kappa shape index (κ2) is 7.23. The van der Waals surface area contributed by atoms with Crippen molar-refractivity contribution >= 4 is 11.8 Å². The number of rotatable bonds is 7. The molecule has 0 radical (unpaired) electrons. The van der Waals surface area contributed by atoms with Gasteiger partial charge in [-0.2, -0.15) is 11.8 Å². The minimum absolute atomic E-state index is 0.281. The van der Waals surface area contributed by atoms with Crippen LogP contribution in [0.5, 0.6) is 0 Å². The Morgan fingerprint density at radius 2 is 1.86 bits per heavy atom. The van der Waals surface area contributed by atoms with E-state index in [2.05, 4.69) is 51.0 Å². The molecule has 0 saturated heterocycles. The molecule has 2 aliphatic rings. The van der Waals surface area contributed by atoms with E-state index in [0.29, 0.717) is 22.8 Å². The fraction of sp³-hybridized carbons (Fsp3) is 1.00. The first-order chi connectivity index (χ1) is 9.89. The maximum atomic E-state index is 6.08. The smallest absolute Gasteiger partial charge is 0.0656 e. The Kier molecular flexibility index (Phi) is 6.07. The highest BCUT2D eigenvalue weighted by atomic mass is 32.2. The first kappa shape index (κ1) is 17.6. The van der Waals surface area contributed by atoms with Gasteiger partial charge in [0, 0.05) is 29.4 Å². The Hall–Kier alpha value is 0.270. The molecular formula is C18H35NOS. The maximum Gasteiger partial charge on any atom is 0.0656 e. The van der Waals surface area contributed by atoms with Crippen LogP contribution in [0.1, 0.15) is 66.2 Å². The summed E-state index contributed by atoms with van der Waals surface area (Å²) in [5.74, 6) is 0.634. The molecule has 3 heteroatoms. The van der Waals surface area contributed by atoms with E-state index in [-0.39, 0.29) is 5.41 Å². The minimum Gasteiger partial charge on any atom is -0.377 e. The molecule has 124 valence electrons. The Morgan fingerprint density at radius 3 is 2.38 bits per heavy atom. The van der Waals surface area contributed by atoms with Gasteiger partial charge in [-0.1, -0.05) is 47.0 Å². The van der Waals surface area contributed by atoms with E-state index in [1.807, 2.05) is 0 Å². The van der Waals surface area contributed by atoms with Gasteiger partial charge in [-0.3, -0.25) is 0 Å². The second-order valence-corrected chi connectivity index (χ2v) is 9.43. The molecule has 2 aliphatic carbocycles. The van der Waals surface area contributed by atoms with Crippen LogP contribution in [0.4, 0.5) is 0 Å². The number of hydrogen-bond donors (Lipinski definition) is 1. The van der Waals surface area contributed by atoms with Crippen LogP contribution in [-0.4, -0.2) is 36.3 Å². The van der Waals surface area contributed by atoms with Gasteiger partial charge in [0.05, 0.1) is 6.10 Å². The molecule has 2 nitrogen and oxygen atoms in total. The van der Waals surface area contributed by atoms with Crippen molar-refractivity contribution in [1.82, 2.24) is 5.32 Å². The zero-order valence-corrected chi connectivity index (χ0v) is 15.5. The van der Waals surface area contributed by atoms with Gasteiger partial charge in [-0.15, -0.1) is 0 Å². The topological polar surface area (TPSA) is 21.3 Å². The minimum atomic E-state index is 0.281. The van der Waals surface area contributed by atoms with Gasteiger partial charge >= 0.3 is 0 Å². The molecule has 0 aliphatic heterocycles. The van der Waals surface area contributed by atoms with Crippen molar-refractivity contribution in [3.8, 4) is 0 Å². The normalized spacial score (nSPS) is 31.1. The van der Waals surface area contributed by atoms with Crippen LogP contribution in [-0.2, 0) is 4.74 Å². The summed E-state index contributed by atoms with van der Waals surface area (Å²) in [7, 11) is 0. The van der Waals surface area contributed by atoms with E-state index in [4.69, 9.17) is 4.74 Å². The maximum absolute atomic E-state index is 6.08. The second-order valence-electron chi connectivity index (χ2n) is 8.15. The van der Waals surface area contributed by atoms with E-state index < -0.39 is 0 Å². The summed E-state index contributed by atoms with van der Waals surface area (Å²) in [5.41, 5.74) is 0.281. The molecule has 0 aromatic carbocycles. The van der Waals surface area contributed by atoms with Crippen LogP contribution in [0.15, 0.2) is 0 Å². The van der Waals surface area contributed by atoms with E-state index in [1.165, 1.54) is 45.1 Å². The third-order valence-electron chi connectivity index (χ3n) is 5.68. The Morgan fingerprint density at radius 1 is 1.19 bits per heavy atom. The Balaban J connectivity index is 1.79. The summed E-state index contributed by atoms with van der Waals surface area (Å²) in [6.07, 6.45) is 11.0. The number of hydrogen-bond acceptors (Lipinski definition) is 3. The van der Waals surface area contributed by atoms with Crippen molar-refractivity contribution < 1.29 is 4.74 Å². The van der Waals surface area contributed by atoms with E-state index in [9.17, 15) is 0 Å². The molecular weight excluding hydrogens is 278 g/mol. The van der Waals surface area contributed by atoms with Crippen molar-refractivity contribution in [2.24, 2.45) is 11.3 Å². The lowest BCUT2D eigenvalue weighted by Crippen LogP contribution is -2.62. The highest BCUT2D eigenvalue weighted by Crippen LogP contribution is 2.44. The van der Waals surface area contributed by atoms with Gasteiger partial charge in [-0.25, -0.2) is 0 Å². The summed E-state index contributed by atoms with van der Waals surface area (Å²) in [6.45, 7) is 11.3. The molecule has 0 bridgehead atoms. The quantitative estimate of drug-likeness (QED) is 0.748. The molecule has 2 saturated carbocycles. The van der Waals surface area contributed by atoms with Gasteiger partial charge in [0.25, 0.3) is 0 Å². The van der Waals surface area contributed by atoms with Crippen LogP contribution in [0.3, 0.4) is 0 Å². The SMILES string of the molecule is CSC1(CNC2CC(OCC(C)C)C2(C)C)CCCCC1. The van der Waals surface area contributed by atoms with Crippen molar-refractivity contribution in [2.45, 2.75) is 83.1 Å². The third-order valence-corrected chi connectivity index (χ3v) is 7.10. The number of nitrogens with one attached hydrogen (secondary N) is 1. The zero-order valence-electron chi connectivity index (χ0n) is 14.7. The molecule has 2 atom stereocenters. The lowest BCUT2D eigenvalue weighted by atomic mass is 9.64. The molecule has 0 amide bonds. The first-order valence-corrected chi connectivity index (χ1v) is 10.0. The fourth-order valence-corrected chi connectivity index (χ4v) is 4.71. The first-order valence-electron chi connectivity index (χ1n) is 8.80. The molecule has 21 heavy (non-hydrogen) atoms. The lowest BCUT2D eigenvalue weighted by Gasteiger charge is -2.53. The molecule has 1 N–H and O–H groups in total. The molecule has 0 spiro atoms. The Bertz CT molecular complexity index is 323. The number of ether oxygens (including phenoxy) is 1. The zero-order chi connectivity index (χ0) is 15.5. The van der Waals surface area contributed by atoms with E-state index in [1.54, 1.807) is 0 Å². The van der Waals surface area contributed by atoms with E-state index >= 15 is 0 Å². The van der Waals surface area contributed by atoms with E-state index in [0.717, 1.165) is 6.61 Å². The van der Waals surface area contributed by atoms with Crippen LogP contribution in [0, 0.1) is 11.3 Å². The summed E-state index contributed by atoms with van der Waals surface area (Å²) >= 11 is 2.09. The van der Waals surface area contributed by atoms with Crippen LogP contribution >= 0.6 is 11.8 Å². The van der Waals surface area contributed by atoms with Crippen LogP contribution in [0.2, 0.25) is 0 Å². The summed E-state index contributed by atoms with van der Waals surface area (Å²) in [5, 5.41) is 3.89. The van der Waals surface area contributed by atoms with Crippen molar-refractivity contribution in [3.63, 3.8) is 0 Å². The van der Waals surface area contributed by atoms with Crippen molar-refractivity contribution in [1.29, 1.82) is 0 Å². The summed E-state index contributed by atoms with van der Waals surface area (Å²) < 4.78 is 6.58. The lowest BCUT2D eigenvalue weighted by molar-refractivity contribution is -0.124. The molecule has 0 heterocycles. The Labute approximate surface area is 136 Å². The van der Waals surface area contributed by atoms with Gasteiger partial charge < -0.3 is 10.1 Å². The van der Waals surface area contributed by atoms with Gasteiger partial charge in [0.15, 0.2) is 0 Å². The molecule has 2 fully saturated rings. The molecule has 2 rings (SSSR count). The largest absolute Gasteiger partial charge is 0.377 e. The highest BCUT2D eigenvalue weighted by Gasteiger charge is 2.49. The predicted molar refractivity (Wildman–Crippen MR) is 94.1 cm³/mol. The van der Waals surface area contributed by atoms with Gasteiger partial charge in [0.1, 0.15) is 0 Å². The molecule has 0 aromatic rings. The monoisotopic (exact) mass is 313 g/mol.